The maximum absolute atomic E-state index is 13.0. The minimum absolute atomic E-state index is 0.113. The van der Waals surface area contributed by atoms with Crippen molar-refractivity contribution < 1.29 is 13.9 Å². The molecule has 0 aliphatic rings. The fourth-order valence-electron chi connectivity index (χ4n) is 2.67. The molecule has 0 radical (unpaired) electrons. The van der Waals surface area contributed by atoms with Crippen LogP contribution in [0.25, 0.3) is 11.3 Å². The lowest BCUT2D eigenvalue weighted by molar-refractivity contribution is -0.121. The van der Waals surface area contributed by atoms with E-state index in [-0.39, 0.29) is 23.8 Å². The third-order valence-corrected chi connectivity index (χ3v) is 4.23. The first kappa shape index (κ1) is 19.3. The second kappa shape index (κ2) is 8.94. The number of nitrogens with zero attached hydrogens (tertiary/aromatic N) is 2. The summed E-state index contributed by atoms with van der Waals surface area (Å²) in [5.41, 5.74) is 1.79. The molecular weight excluding hydrogens is 361 g/mol. The number of methoxy groups -OCH3 is 1. The molecule has 0 saturated heterocycles. The molecule has 1 heterocycles. The Kier molecular flexibility index (Phi) is 6.16. The molecule has 3 aromatic rings. The van der Waals surface area contributed by atoms with Crippen molar-refractivity contribution in [3.05, 3.63) is 82.7 Å². The molecule has 3 rings (SSSR count). The number of nitrogens with one attached hydrogen (secondary N) is 1. The van der Waals surface area contributed by atoms with E-state index in [1.807, 2.05) is 24.3 Å². The lowest BCUT2D eigenvalue weighted by atomic mass is 10.1. The van der Waals surface area contributed by atoms with Crippen LogP contribution >= 0.6 is 0 Å². The minimum Gasteiger partial charge on any atom is -0.497 e. The van der Waals surface area contributed by atoms with Crippen LogP contribution in [0.5, 0.6) is 5.75 Å². The van der Waals surface area contributed by atoms with Gasteiger partial charge >= 0.3 is 0 Å². The first-order valence-electron chi connectivity index (χ1n) is 8.77. The summed E-state index contributed by atoms with van der Waals surface area (Å²) in [5.74, 6) is 0.152. The zero-order chi connectivity index (χ0) is 19.9. The highest BCUT2D eigenvalue weighted by Gasteiger charge is 2.07. The Morgan fingerprint density at radius 2 is 1.86 bits per heavy atom. The minimum atomic E-state index is -0.358. The zero-order valence-corrected chi connectivity index (χ0v) is 15.4. The Morgan fingerprint density at radius 3 is 2.50 bits per heavy atom. The molecule has 0 saturated carbocycles. The quantitative estimate of drug-likeness (QED) is 0.682. The summed E-state index contributed by atoms with van der Waals surface area (Å²) in [4.78, 5) is 28.5. The van der Waals surface area contributed by atoms with E-state index in [2.05, 4.69) is 10.3 Å². The van der Waals surface area contributed by atoms with Crippen molar-refractivity contribution in [2.75, 3.05) is 13.7 Å². The summed E-state index contributed by atoms with van der Waals surface area (Å²) in [6, 6.07) is 14.6. The maximum atomic E-state index is 13.0. The van der Waals surface area contributed by atoms with Gasteiger partial charge in [0.25, 0.3) is 5.56 Å². The maximum Gasteiger partial charge on any atom is 0.254 e. The summed E-state index contributed by atoms with van der Waals surface area (Å²) < 4.78 is 19.3. The van der Waals surface area contributed by atoms with Crippen LogP contribution in [0.3, 0.4) is 0 Å². The molecule has 2 aromatic carbocycles. The number of carbonyl (C=O) groups excluding carboxylic acids is 1. The van der Waals surface area contributed by atoms with Gasteiger partial charge < -0.3 is 10.1 Å². The van der Waals surface area contributed by atoms with Gasteiger partial charge in [0.2, 0.25) is 5.91 Å². The Labute approximate surface area is 161 Å². The molecule has 0 unspecified atom stereocenters. The van der Waals surface area contributed by atoms with Gasteiger partial charge in [-0.25, -0.2) is 9.37 Å². The van der Waals surface area contributed by atoms with E-state index in [0.717, 1.165) is 11.3 Å². The van der Waals surface area contributed by atoms with Crippen LogP contribution in [0.15, 0.2) is 65.7 Å². The molecule has 0 bridgehead atoms. The number of carbonyl (C=O) groups is 1. The van der Waals surface area contributed by atoms with E-state index in [4.69, 9.17) is 4.74 Å². The van der Waals surface area contributed by atoms with Crippen molar-refractivity contribution in [1.82, 2.24) is 14.9 Å². The Hall–Kier alpha value is -3.48. The summed E-state index contributed by atoms with van der Waals surface area (Å²) >= 11 is 0. The molecular formula is C21H20FN3O3. The van der Waals surface area contributed by atoms with Gasteiger partial charge in [-0.1, -0.05) is 12.1 Å². The van der Waals surface area contributed by atoms with Crippen molar-refractivity contribution in [2.24, 2.45) is 0 Å². The average molecular weight is 381 g/mol. The highest BCUT2D eigenvalue weighted by atomic mass is 19.1. The number of aromatic nitrogens is 2. The number of rotatable bonds is 7. The van der Waals surface area contributed by atoms with E-state index in [1.165, 1.54) is 29.1 Å². The average Bonchev–Trinajstić information content (AvgIpc) is 2.70. The zero-order valence-electron chi connectivity index (χ0n) is 15.4. The van der Waals surface area contributed by atoms with Gasteiger partial charge in [0.05, 0.1) is 19.1 Å². The number of halogens is 1. The smallest absolute Gasteiger partial charge is 0.254 e. The van der Waals surface area contributed by atoms with Crippen molar-refractivity contribution in [3.63, 3.8) is 0 Å². The SMILES string of the molecule is COc1ccc(CCNC(=O)Cn2cnc(-c3ccc(F)cc3)cc2=O)cc1. The number of hydrogen-bond acceptors (Lipinski definition) is 4. The van der Waals surface area contributed by atoms with Gasteiger partial charge in [-0.05, 0) is 48.4 Å². The van der Waals surface area contributed by atoms with Gasteiger partial charge in [-0.15, -0.1) is 0 Å². The molecule has 0 spiro atoms. The molecule has 1 aromatic heterocycles. The highest BCUT2D eigenvalue weighted by Crippen LogP contribution is 2.15. The molecule has 0 atom stereocenters. The second-order valence-corrected chi connectivity index (χ2v) is 6.20. The van der Waals surface area contributed by atoms with E-state index >= 15 is 0 Å². The molecule has 0 aliphatic carbocycles. The van der Waals surface area contributed by atoms with Gasteiger partial charge in [-0.3, -0.25) is 14.2 Å². The first-order chi connectivity index (χ1) is 13.5. The summed E-state index contributed by atoms with van der Waals surface area (Å²) in [5, 5.41) is 2.79. The summed E-state index contributed by atoms with van der Waals surface area (Å²) in [7, 11) is 1.61. The fraction of sp³-hybridized carbons (Fsp3) is 0.190. The summed E-state index contributed by atoms with van der Waals surface area (Å²) in [6.45, 7) is 0.346. The fourth-order valence-corrected chi connectivity index (χ4v) is 2.67. The standard InChI is InChI=1S/C21H20FN3O3/c1-28-18-8-2-15(3-9-18)10-11-23-20(26)13-25-14-24-19(12-21(25)27)16-4-6-17(22)7-5-16/h2-9,12,14H,10-11,13H2,1H3,(H,23,26). The lowest BCUT2D eigenvalue weighted by Crippen LogP contribution is -2.33. The molecule has 1 amide bonds. The number of ether oxygens (including phenoxy) is 1. The van der Waals surface area contributed by atoms with Gasteiger partial charge in [0.15, 0.2) is 0 Å². The van der Waals surface area contributed by atoms with E-state index in [1.54, 1.807) is 19.2 Å². The van der Waals surface area contributed by atoms with Gasteiger partial charge in [0, 0.05) is 18.2 Å². The molecule has 6 nitrogen and oxygen atoms in total. The van der Waals surface area contributed by atoms with Crippen LogP contribution in [0.1, 0.15) is 5.56 Å². The first-order valence-corrected chi connectivity index (χ1v) is 8.77. The number of amides is 1. The predicted octanol–water partition coefficient (Wildman–Crippen LogP) is 2.42. The molecule has 1 N–H and O–H groups in total. The van der Waals surface area contributed by atoms with Crippen LogP contribution in [0.4, 0.5) is 4.39 Å². The molecule has 0 fully saturated rings. The number of hydrogen-bond donors (Lipinski definition) is 1. The molecule has 7 heteroatoms. The van der Waals surface area contributed by atoms with Crippen molar-refractivity contribution in [1.29, 1.82) is 0 Å². The van der Waals surface area contributed by atoms with Crippen LogP contribution in [-0.2, 0) is 17.8 Å². The second-order valence-electron chi connectivity index (χ2n) is 6.20. The largest absolute Gasteiger partial charge is 0.497 e. The Balaban J connectivity index is 1.54. The van der Waals surface area contributed by atoms with E-state index < -0.39 is 0 Å². The van der Waals surface area contributed by atoms with Gasteiger partial charge in [-0.2, -0.15) is 0 Å². The van der Waals surface area contributed by atoms with E-state index in [0.29, 0.717) is 24.2 Å². The Morgan fingerprint density at radius 1 is 1.14 bits per heavy atom. The van der Waals surface area contributed by atoms with E-state index in [9.17, 15) is 14.0 Å². The van der Waals surface area contributed by atoms with Crippen LogP contribution in [-0.4, -0.2) is 29.1 Å². The molecule has 144 valence electrons. The van der Waals surface area contributed by atoms with Crippen molar-refractivity contribution in [2.45, 2.75) is 13.0 Å². The molecule has 28 heavy (non-hydrogen) atoms. The third kappa shape index (κ3) is 5.03. The van der Waals surface area contributed by atoms with Crippen LogP contribution < -0.4 is 15.6 Å². The predicted molar refractivity (Wildman–Crippen MR) is 104 cm³/mol. The van der Waals surface area contributed by atoms with Gasteiger partial charge in [0.1, 0.15) is 18.1 Å². The molecule has 0 aliphatic heterocycles. The van der Waals surface area contributed by atoms with Crippen molar-refractivity contribution >= 4 is 5.91 Å². The number of benzene rings is 2. The summed E-state index contributed by atoms with van der Waals surface area (Å²) in [6.07, 6.45) is 2.00. The third-order valence-electron chi connectivity index (χ3n) is 4.23. The lowest BCUT2D eigenvalue weighted by Gasteiger charge is -2.08. The Bertz CT molecular complexity index is 999. The van der Waals surface area contributed by atoms with Crippen LogP contribution in [0.2, 0.25) is 0 Å². The monoisotopic (exact) mass is 381 g/mol. The highest BCUT2D eigenvalue weighted by molar-refractivity contribution is 5.75. The topological polar surface area (TPSA) is 73.2 Å². The van der Waals surface area contributed by atoms with Crippen molar-refractivity contribution in [3.8, 4) is 17.0 Å². The van der Waals surface area contributed by atoms with Crippen LogP contribution in [0, 0.1) is 5.82 Å². The normalized spacial score (nSPS) is 10.5.